The Labute approximate surface area is 191 Å². The molecule has 0 saturated heterocycles. The Morgan fingerprint density at radius 3 is 2.56 bits per heavy atom. The van der Waals surface area contributed by atoms with Crippen LogP contribution in [0.3, 0.4) is 0 Å². The molecule has 8 nitrogen and oxygen atoms in total. The average molecular weight is 458 g/mol. The number of halogens is 2. The maximum absolute atomic E-state index is 13.9. The fourth-order valence-electron chi connectivity index (χ4n) is 3.48. The number of aromatic nitrogens is 4. The fourth-order valence-corrected chi connectivity index (χ4v) is 3.48. The molecule has 5 rings (SSSR count). The zero-order valence-corrected chi connectivity index (χ0v) is 17.5. The molecule has 5 aromatic rings. The molecule has 168 valence electrons. The monoisotopic (exact) mass is 458 g/mol. The van der Waals surface area contributed by atoms with E-state index >= 15 is 0 Å². The number of amides is 1. The van der Waals surface area contributed by atoms with E-state index in [1.807, 2.05) is 18.2 Å². The summed E-state index contributed by atoms with van der Waals surface area (Å²) in [5, 5.41) is 3.30. The minimum Gasteiger partial charge on any atom is -0.443 e. The Kier molecular flexibility index (Phi) is 5.38. The predicted octanol–water partition coefficient (Wildman–Crippen LogP) is 4.14. The van der Waals surface area contributed by atoms with E-state index in [1.165, 1.54) is 18.5 Å². The molecule has 2 aromatic carbocycles. The van der Waals surface area contributed by atoms with Crippen LogP contribution in [0.15, 0.2) is 71.6 Å². The molecule has 3 N–H and O–H groups in total. The van der Waals surface area contributed by atoms with Crippen LogP contribution in [-0.4, -0.2) is 25.8 Å². The second-order valence-corrected chi connectivity index (χ2v) is 7.29. The normalized spacial score (nSPS) is 11.0. The highest BCUT2D eigenvalue weighted by Gasteiger charge is 2.22. The molecule has 0 atom stereocenters. The van der Waals surface area contributed by atoms with Crippen molar-refractivity contribution in [3.05, 3.63) is 90.1 Å². The van der Waals surface area contributed by atoms with E-state index in [0.29, 0.717) is 11.3 Å². The largest absolute Gasteiger partial charge is 0.443 e. The molecule has 0 unspecified atom stereocenters. The third kappa shape index (κ3) is 3.92. The first-order chi connectivity index (χ1) is 16.5. The van der Waals surface area contributed by atoms with Crippen LogP contribution in [0.4, 0.5) is 14.6 Å². The van der Waals surface area contributed by atoms with Crippen LogP contribution in [0.1, 0.15) is 16.1 Å². The zero-order chi connectivity index (χ0) is 23.7. The summed E-state index contributed by atoms with van der Waals surface area (Å²) < 4.78 is 33.3. The standard InChI is InChI=1S/C24H16F2N6O2/c25-16-4-1-5-17(26)15(16)12-30-23(33)21-22(27)32-20(24-29-9-10-34-24)19(31-21)14-6-7-18-13(11-14)3-2-8-28-18/h1-11H,12H2,(H2,27,32)(H,30,33). The van der Waals surface area contributed by atoms with Gasteiger partial charge in [-0.25, -0.2) is 23.7 Å². The number of fused-ring (bicyclic) bond motifs is 1. The number of nitrogen functional groups attached to an aromatic ring is 1. The molecule has 34 heavy (non-hydrogen) atoms. The Morgan fingerprint density at radius 2 is 1.79 bits per heavy atom. The summed E-state index contributed by atoms with van der Waals surface area (Å²) in [6.07, 6.45) is 4.51. The number of nitrogens with zero attached hydrogens (tertiary/aromatic N) is 4. The maximum atomic E-state index is 13.9. The number of anilines is 1. The maximum Gasteiger partial charge on any atom is 0.274 e. The quantitative estimate of drug-likeness (QED) is 0.406. The van der Waals surface area contributed by atoms with Gasteiger partial charge in [-0.15, -0.1) is 0 Å². The number of nitrogens with two attached hydrogens (primary N) is 1. The molecule has 0 aliphatic heterocycles. The fraction of sp³-hybridized carbons (Fsp3) is 0.0417. The molecule has 10 heteroatoms. The Balaban J connectivity index is 1.56. The second kappa shape index (κ2) is 8.66. The third-order valence-corrected chi connectivity index (χ3v) is 5.14. The SMILES string of the molecule is Nc1nc(-c2ncco2)c(-c2ccc3ncccc3c2)nc1C(=O)NCc1c(F)cccc1F. The first-order valence-corrected chi connectivity index (χ1v) is 10.1. The van der Waals surface area contributed by atoms with Crippen LogP contribution in [0, 0.1) is 11.6 Å². The number of hydrogen-bond donors (Lipinski definition) is 2. The molecule has 3 aromatic heterocycles. The highest BCUT2D eigenvalue weighted by molar-refractivity contribution is 5.98. The van der Waals surface area contributed by atoms with E-state index < -0.39 is 24.1 Å². The number of benzene rings is 2. The molecule has 0 aliphatic carbocycles. The minimum atomic E-state index is -0.774. The number of nitrogens with one attached hydrogen (secondary N) is 1. The van der Waals surface area contributed by atoms with Crippen molar-refractivity contribution in [2.24, 2.45) is 0 Å². The smallest absolute Gasteiger partial charge is 0.274 e. The average Bonchev–Trinajstić information content (AvgIpc) is 3.38. The highest BCUT2D eigenvalue weighted by atomic mass is 19.1. The first-order valence-electron chi connectivity index (χ1n) is 10.1. The number of pyridine rings is 1. The van der Waals surface area contributed by atoms with Gasteiger partial charge in [-0.1, -0.05) is 18.2 Å². The predicted molar refractivity (Wildman–Crippen MR) is 120 cm³/mol. The number of hydrogen-bond acceptors (Lipinski definition) is 7. The second-order valence-electron chi connectivity index (χ2n) is 7.29. The van der Waals surface area contributed by atoms with Crippen LogP contribution >= 0.6 is 0 Å². The molecule has 0 bridgehead atoms. The minimum absolute atomic E-state index is 0.167. The summed E-state index contributed by atoms with van der Waals surface area (Å²) in [7, 11) is 0. The van der Waals surface area contributed by atoms with Crippen molar-refractivity contribution in [1.29, 1.82) is 0 Å². The molecular formula is C24H16F2N6O2. The Bertz CT molecular complexity index is 1500. The molecular weight excluding hydrogens is 442 g/mol. The molecule has 0 saturated carbocycles. The van der Waals surface area contributed by atoms with Crippen LogP contribution in [0.2, 0.25) is 0 Å². The molecule has 3 heterocycles. The van der Waals surface area contributed by atoms with Crippen LogP contribution in [0.5, 0.6) is 0 Å². The van der Waals surface area contributed by atoms with E-state index in [1.54, 1.807) is 18.3 Å². The van der Waals surface area contributed by atoms with Crippen molar-refractivity contribution in [2.75, 3.05) is 5.73 Å². The number of rotatable bonds is 5. The molecule has 0 spiro atoms. The summed E-state index contributed by atoms with van der Waals surface area (Å²) in [4.78, 5) is 30.1. The lowest BCUT2D eigenvalue weighted by molar-refractivity contribution is 0.0946. The summed E-state index contributed by atoms with van der Waals surface area (Å²) in [5.74, 6) is -2.31. The Hall–Kier alpha value is -4.73. The van der Waals surface area contributed by atoms with Gasteiger partial charge in [-0.2, -0.15) is 0 Å². The van der Waals surface area contributed by atoms with Crippen LogP contribution in [0.25, 0.3) is 33.7 Å². The van der Waals surface area contributed by atoms with Crippen molar-refractivity contribution >= 4 is 22.6 Å². The number of oxazole rings is 1. The Morgan fingerprint density at radius 1 is 0.971 bits per heavy atom. The zero-order valence-electron chi connectivity index (χ0n) is 17.5. The van der Waals surface area contributed by atoms with Gasteiger partial charge >= 0.3 is 0 Å². The van der Waals surface area contributed by atoms with Gasteiger partial charge in [-0.3, -0.25) is 9.78 Å². The van der Waals surface area contributed by atoms with E-state index in [-0.39, 0.29) is 28.7 Å². The van der Waals surface area contributed by atoms with E-state index in [0.717, 1.165) is 23.0 Å². The van der Waals surface area contributed by atoms with Gasteiger partial charge in [0.15, 0.2) is 17.2 Å². The van der Waals surface area contributed by atoms with Gasteiger partial charge in [0.1, 0.15) is 23.6 Å². The lowest BCUT2D eigenvalue weighted by atomic mass is 10.1. The van der Waals surface area contributed by atoms with Crippen molar-refractivity contribution in [3.8, 4) is 22.8 Å². The molecule has 1 amide bonds. The van der Waals surface area contributed by atoms with Gasteiger partial charge in [-0.05, 0) is 30.3 Å². The number of carbonyl (C=O) groups excluding carboxylic acids is 1. The third-order valence-electron chi connectivity index (χ3n) is 5.14. The summed E-state index contributed by atoms with van der Waals surface area (Å²) in [6.45, 7) is -0.392. The lowest BCUT2D eigenvalue weighted by Gasteiger charge is -2.12. The summed E-state index contributed by atoms with van der Waals surface area (Å²) >= 11 is 0. The van der Waals surface area contributed by atoms with Crippen LogP contribution < -0.4 is 11.1 Å². The molecule has 0 aliphatic rings. The molecule has 0 radical (unpaired) electrons. The van der Waals surface area contributed by atoms with Crippen LogP contribution in [-0.2, 0) is 6.54 Å². The van der Waals surface area contributed by atoms with E-state index in [2.05, 4.69) is 25.3 Å². The van der Waals surface area contributed by atoms with Gasteiger partial charge in [0.2, 0.25) is 5.89 Å². The van der Waals surface area contributed by atoms with Gasteiger partial charge < -0.3 is 15.5 Å². The van der Waals surface area contributed by atoms with E-state index in [4.69, 9.17) is 10.2 Å². The topological polar surface area (TPSA) is 120 Å². The van der Waals surface area contributed by atoms with Crippen molar-refractivity contribution in [3.63, 3.8) is 0 Å². The van der Waals surface area contributed by atoms with Crippen molar-refractivity contribution in [2.45, 2.75) is 6.54 Å². The highest BCUT2D eigenvalue weighted by Crippen LogP contribution is 2.31. The first kappa shape index (κ1) is 21.1. The van der Waals surface area contributed by atoms with Crippen molar-refractivity contribution in [1.82, 2.24) is 25.3 Å². The van der Waals surface area contributed by atoms with Gasteiger partial charge in [0.25, 0.3) is 5.91 Å². The van der Waals surface area contributed by atoms with Gasteiger partial charge in [0, 0.05) is 29.3 Å². The summed E-state index contributed by atoms with van der Waals surface area (Å²) in [6, 6.07) is 12.6. The van der Waals surface area contributed by atoms with Gasteiger partial charge in [0.05, 0.1) is 11.7 Å². The molecule has 0 fully saturated rings. The van der Waals surface area contributed by atoms with Crippen molar-refractivity contribution < 1.29 is 18.0 Å². The number of carbonyl (C=O) groups is 1. The lowest BCUT2D eigenvalue weighted by Crippen LogP contribution is -2.26. The van der Waals surface area contributed by atoms with E-state index in [9.17, 15) is 13.6 Å². The summed E-state index contributed by atoms with van der Waals surface area (Å²) in [5.41, 5.74) is 7.49.